The largest absolute Gasteiger partial charge is 0.495 e. The van der Waals surface area contributed by atoms with E-state index in [-0.39, 0.29) is 17.8 Å². The van der Waals surface area contributed by atoms with E-state index in [9.17, 15) is 9.18 Å². The highest BCUT2D eigenvalue weighted by molar-refractivity contribution is 6.14. The Kier molecular flexibility index (Phi) is 5.20. The van der Waals surface area contributed by atoms with Crippen LogP contribution in [0.4, 0.5) is 4.39 Å². The Morgan fingerprint density at radius 1 is 1.18 bits per heavy atom. The quantitative estimate of drug-likeness (QED) is 0.571. The summed E-state index contributed by atoms with van der Waals surface area (Å²) in [6.45, 7) is 2.68. The fourth-order valence-corrected chi connectivity index (χ4v) is 4.32. The summed E-state index contributed by atoms with van der Waals surface area (Å²) in [4.78, 5) is 26.0. The number of aryl methyl sites for hydroxylation is 1. The Morgan fingerprint density at radius 3 is 2.67 bits per heavy atom. The normalized spacial score (nSPS) is 19.2. The summed E-state index contributed by atoms with van der Waals surface area (Å²) in [5, 5.41) is 0. The summed E-state index contributed by atoms with van der Waals surface area (Å²) >= 11 is 0. The number of amides is 1. The number of benzene rings is 2. The van der Waals surface area contributed by atoms with Crippen LogP contribution >= 0.6 is 0 Å². The smallest absolute Gasteiger partial charge is 0.279 e. The number of carbonyl (C=O) groups excluding carboxylic acids is 1. The molecular formula is C25H24FN5O2. The van der Waals surface area contributed by atoms with Crippen LogP contribution in [0.2, 0.25) is 0 Å². The van der Waals surface area contributed by atoms with Crippen LogP contribution < -0.4 is 4.74 Å². The van der Waals surface area contributed by atoms with E-state index in [2.05, 4.69) is 9.98 Å². The van der Waals surface area contributed by atoms with Crippen molar-refractivity contribution in [2.45, 2.75) is 19.4 Å². The van der Waals surface area contributed by atoms with Gasteiger partial charge in [-0.25, -0.2) is 14.4 Å². The lowest BCUT2D eigenvalue weighted by molar-refractivity contribution is -0.125. The topological polar surface area (TPSA) is 63.0 Å². The lowest BCUT2D eigenvalue weighted by atomic mass is 10.00. The van der Waals surface area contributed by atoms with Gasteiger partial charge in [0.05, 0.1) is 30.9 Å². The monoisotopic (exact) mass is 445 g/mol. The third kappa shape index (κ3) is 3.77. The summed E-state index contributed by atoms with van der Waals surface area (Å²) in [6, 6.07) is 11.9. The van der Waals surface area contributed by atoms with E-state index in [1.165, 1.54) is 12.1 Å². The minimum atomic E-state index is -0.294. The molecule has 1 saturated heterocycles. The second-order valence-electron chi connectivity index (χ2n) is 8.25. The molecule has 8 heteroatoms. The van der Waals surface area contributed by atoms with Crippen molar-refractivity contribution >= 4 is 17.9 Å². The molecule has 2 aliphatic rings. The van der Waals surface area contributed by atoms with Gasteiger partial charge in [-0.3, -0.25) is 9.69 Å². The first-order valence-electron chi connectivity index (χ1n) is 10.7. The van der Waals surface area contributed by atoms with Gasteiger partial charge in [-0.2, -0.15) is 0 Å². The fraction of sp³-hybridized carbons (Fsp3) is 0.240. The summed E-state index contributed by atoms with van der Waals surface area (Å²) in [5.74, 6) is 0.819. The third-order valence-electron chi connectivity index (χ3n) is 6.02. The molecule has 1 amide bonds. The zero-order valence-corrected chi connectivity index (χ0v) is 18.7. The summed E-state index contributed by atoms with van der Waals surface area (Å²) in [6.07, 6.45) is 6.18. The molecule has 0 bridgehead atoms. The standard InChI is InChI=1S/C25H24FN5O2/c1-16-14-30(15-27-16)22-9-4-17(13-23(22)33-3)12-20-24(32)31-21(10-11-29(2)25(31)28-20)18-5-7-19(26)8-6-18/h4-9,12-15,21H,10-11H2,1-3H3/b20-12-/t21-/m0/s1. The number of carbonyl (C=O) groups is 1. The lowest BCUT2D eigenvalue weighted by Gasteiger charge is -2.38. The number of aromatic nitrogens is 2. The van der Waals surface area contributed by atoms with Gasteiger partial charge in [0.15, 0.2) is 0 Å². The maximum absolute atomic E-state index is 13.4. The molecule has 1 atom stereocenters. The zero-order valence-electron chi connectivity index (χ0n) is 18.7. The van der Waals surface area contributed by atoms with Gasteiger partial charge in [-0.15, -0.1) is 0 Å². The van der Waals surface area contributed by atoms with Gasteiger partial charge in [-0.05, 0) is 54.8 Å². The van der Waals surface area contributed by atoms with Crippen molar-refractivity contribution in [1.29, 1.82) is 0 Å². The molecule has 168 valence electrons. The second-order valence-corrected chi connectivity index (χ2v) is 8.25. The number of nitrogens with zero attached hydrogens (tertiary/aromatic N) is 5. The first-order chi connectivity index (χ1) is 15.9. The molecule has 7 nitrogen and oxygen atoms in total. The highest BCUT2D eigenvalue weighted by Crippen LogP contribution is 2.35. The molecule has 3 aromatic rings. The van der Waals surface area contributed by atoms with Gasteiger partial charge in [0.25, 0.3) is 5.91 Å². The number of hydrogen-bond donors (Lipinski definition) is 0. The summed E-state index contributed by atoms with van der Waals surface area (Å²) in [7, 11) is 3.54. The molecule has 0 aliphatic carbocycles. The highest BCUT2D eigenvalue weighted by atomic mass is 19.1. The Morgan fingerprint density at radius 2 is 1.97 bits per heavy atom. The average Bonchev–Trinajstić information content (AvgIpc) is 3.39. The Hall–Kier alpha value is -3.94. The van der Waals surface area contributed by atoms with Crippen molar-refractivity contribution in [3.05, 3.63) is 83.3 Å². The molecule has 0 spiro atoms. The Labute approximate surface area is 191 Å². The van der Waals surface area contributed by atoms with Gasteiger partial charge in [0.2, 0.25) is 5.96 Å². The van der Waals surface area contributed by atoms with Crippen molar-refractivity contribution in [2.24, 2.45) is 4.99 Å². The predicted octanol–water partition coefficient (Wildman–Crippen LogP) is 3.94. The van der Waals surface area contributed by atoms with Crippen molar-refractivity contribution in [3.63, 3.8) is 0 Å². The van der Waals surface area contributed by atoms with Crippen molar-refractivity contribution in [3.8, 4) is 11.4 Å². The van der Waals surface area contributed by atoms with Crippen LogP contribution in [0.3, 0.4) is 0 Å². The molecule has 2 aromatic carbocycles. The average molecular weight is 445 g/mol. The number of aliphatic imine (C=N–C) groups is 1. The fourth-order valence-electron chi connectivity index (χ4n) is 4.32. The number of rotatable bonds is 4. The predicted molar refractivity (Wildman–Crippen MR) is 123 cm³/mol. The maximum Gasteiger partial charge on any atom is 0.279 e. The van der Waals surface area contributed by atoms with E-state index in [0.29, 0.717) is 17.4 Å². The van der Waals surface area contributed by atoms with Gasteiger partial charge < -0.3 is 14.2 Å². The molecule has 2 aliphatic heterocycles. The van der Waals surface area contributed by atoms with Crippen LogP contribution in [-0.4, -0.2) is 51.9 Å². The molecule has 0 radical (unpaired) electrons. The Bertz CT molecular complexity index is 1280. The van der Waals surface area contributed by atoms with Crippen molar-refractivity contribution in [1.82, 2.24) is 19.4 Å². The van der Waals surface area contributed by atoms with E-state index >= 15 is 0 Å². The minimum Gasteiger partial charge on any atom is -0.495 e. The second kappa shape index (κ2) is 8.20. The molecule has 0 saturated carbocycles. The lowest BCUT2D eigenvalue weighted by Crippen LogP contribution is -2.49. The number of guanidine groups is 1. The van der Waals surface area contributed by atoms with Crippen LogP contribution in [-0.2, 0) is 4.79 Å². The van der Waals surface area contributed by atoms with Crippen LogP contribution in [0.1, 0.15) is 29.3 Å². The van der Waals surface area contributed by atoms with Crippen molar-refractivity contribution < 1.29 is 13.9 Å². The molecule has 33 heavy (non-hydrogen) atoms. The molecule has 1 fully saturated rings. The molecule has 1 aromatic heterocycles. The first-order valence-corrected chi connectivity index (χ1v) is 10.7. The molecule has 0 N–H and O–H groups in total. The van der Waals surface area contributed by atoms with E-state index in [0.717, 1.165) is 35.5 Å². The van der Waals surface area contributed by atoms with Gasteiger partial charge >= 0.3 is 0 Å². The van der Waals surface area contributed by atoms with Gasteiger partial charge in [0.1, 0.15) is 17.3 Å². The number of hydrogen-bond acceptors (Lipinski definition) is 5. The van der Waals surface area contributed by atoms with Crippen molar-refractivity contribution in [2.75, 3.05) is 20.7 Å². The van der Waals surface area contributed by atoms with Crippen LogP contribution in [0.25, 0.3) is 11.8 Å². The van der Waals surface area contributed by atoms with E-state index in [1.54, 1.807) is 36.5 Å². The number of ether oxygens (including phenoxy) is 1. The third-order valence-corrected chi connectivity index (χ3v) is 6.02. The van der Waals surface area contributed by atoms with Gasteiger partial charge in [0, 0.05) is 19.8 Å². The zero-order chi connectivity index (χ0) is 23.1. The van der Waals surface area contributed by atoms with Gasteiger partial charge in [-0.1, -0.05) is 18.2 Å². The molecule has 3 heterocycles. The molecule has 5 rings (SSSR count). The number of imidazole rings is 1. The number of fused-ring (bicyclic) bond motifs is 1. The van der Waals surface area contributed by atoms with Crippen LogP contribution in [0.5, 0.6) is 5.75 Å². The Balaban J connectivity index is 1.48. The van der Waals surface area contributed by atoms with E-state index in [4.69, 9.17) is 4.74 Å². The SMILES string of the molecule is COc1cc(/C=C2\N=C3N(C)CC[C@@H](c4ccc(F)cc4)N3C2=O)ccc1-n1cnc(C)c1. The van der Waals surface area contributed by atoms with Crippen LogP contribution in [0.15, 0.2) is 65.7 Å². The summed E-state index contributed by atoms with van der Waals surface area (Å²) < 4.78 is 20.9. The molecule has 0 unspecified atom stereocenters. The molecular weight excluding hydrogens is 421 g/mol. The summed E-state index contributed by atoms with van der Waals surface area (Å²) in [5.41, 5.74) is 3.83. The number of halogens is 1. The first kappa shape index (κ1) is 20.9. The highest BCUT2D eigenvalue weighted by Gasteiger charge is 2.41. The van der Waals surface area contributed by atoms with E-state index in [1.807, 2.05) is 47.8 Å². The minimum absolute atomic E-state index is 0.167. The number of methoxy groups -OCH3 is 1. The maximum atomic E-state index is 13.4. The van der Waals surface area contributed by atoms with Crippen LogP contribution in [0, 0.1) is 12.7 Å². The van der Waals surface area contributed by atoms with E-state index < -0.39 is 0 Å².